The van der Waals surface area contributed by atoms with Crippen LogP contribution < -0.4 is 5.73 Å². The Morgan fingerprint density at radius 3 is 0.846 bits per heavy atom. The van der Waals surface area contributed by atoms with Crippen LogP contribution in [0.1, 0.15) is 335 Å². The van der Waals surface area contributed by atoms with Gasteiger partial charge in [-0.3, -0.25) is 18.6 Å². The molecule has 0 amide bonds. The van der Waals surface area contributed by atoms with Crippen molar-refractivity contribution in [1.29, 1.82) is 0 Å². The Hall–Kier alpha value is -3.85. The molecule has 2 atom stereocenters. The van der Waals surface area contributed by atoms with Gasteiger partial charge in [0, 0.05) is 19.4 Å². The molecule has 2 unspecified atom stereocenters. The number of hydrogen-bond donors (Lipinski definition) is 2. The Kier molecular flexibility index (Phi) is 72.0. The number of phosphoric ester groups is 1. The molecule has 0 bridgehead atoms. The summed E-state index contributed by atoms with van der Waals surface area (Å²) in [7, 11) is -4.40. The predicted octanol–water partition coefficient (Wildman–Crippen LogP) is 25.2. The Morgan fingerprint density at radius 2 is 0.571 bits per heavy atom. The number of unbranched alkanes of at least 4 members (excludes halogenated alkanes) is 35. The van der Waals surface area contributed by atoms with E-state index in [1.807, 2.05) is 0 Å². The Labute approximate surface area is 561 Å². The van der Waals surface area contributed by atoms with E-state index in [0.717, 1.165) is 109 Å². The number of esters is 2. The molecule has 0 heterocycles. The molecule has 0 aliphatic heterocycles. The van der Waals surface area contributed by atoms with Gasteiger partial charge in [-0.05, 0) is 109 Å². The molecule has 522 valence electrons. The third-order valence-electron chi connectivity index (χ3n) is 16.0. The van der Waals surface area contributed by atoms with Gasteiger partial charge >= 0.3 is 19.8 Å². The fraction of sp³-hybridized carbons (Fsp3) is 0.704. The first-order valence-electron chi connectivity index (χ1n) is 37.7. The lowest BCUT2D eigenvalue weighted by Gasteiger charge is -2.19. The molecule has 0 rings (SSSR count). The van der Waals surface area contributed by atoms with Crippen molar-refractivity contribution in [3.8, 4) is 0 Å². The molecule has 0 saturated carbocycles. The SMILES string of the molecule is CC/C=C\C/C=C\C/C=C\C/C=C\C/C=C\C/C=C\CCCCCCCCCCCCCCCCC(=O)OC(COC(=O)CCCCCCCCCCCCCCCCCCCCCCC/C=C\C/C=C\C/C=C\C/C=C\C/C=C\CC)COP(=O)(O)OCCN. The number of carbonyl (C=O) groups excluding carboxylic acids is 2. The van der Waals surface area contributed by atoms with E-state index in [0.29, 0.717) is 6.42 Å². The molecule has 0 radical (unpaired) electrons. The number of phosphoric acid groups is 1. The van der Waals surface area contributed by atoms with Crippen molar-refractivity contribution in [2.75, 3.05) is 26.4 Å². The molecule has 91 heavy (non-hydrogen) atoms. The molecule has 0 saturated heterocycles. The van der Waals surface area contributed by atoms with E-state index >= 15 is 0 Å². The Morgan fingerprint density at radius 1 is 0.330 bits per heavy atom. The maximum absolute atomic E-state index is 12.8. The van der Waals surface area contributed by atoms with Crippen molar-refractivity contribution in [2.45, 2.75) is 341 Å². The second-order valence-corrected chi connectivity index (χ2v) is 26.2. The number of nitrogens with two attached hydrogens (primary N) is 1. The minimum absolute atomic E-state index is 0.0503. The number of carbonyl (C=O) groups is 2. The molecule has 0 aliphatic carbocycles. The standard InChI is InChI=1S/C81H140NO8P/c1-3-5-7-9-11-13-15-17-19-21-23-25-27-29-31-33-35-37-38-39-40-42-43-45-47-49-51-53-55-57-59-61-63-65-67-69-71-73-80(83)87-77-79(78-89-91(85,86)88-76-75-82)90-81(84)74-72-70-68-66-64-62-60-58-56-54-52-50-48-46-44-41-36-34-32-30-28-26-24-22-20-18-16-14-12-10-8-6-4-2/h5-8,11-14,17-20,23-26,29-32,36,41,79H,3-4,9-10,15-16,21-22,27-28,33-35,37-40,42-78,82H2,1-2H3,(H,85,86)/b7-5-,8-6-,13-11-,14-12-,19-17-,20-18-,25-23-,26-24-,31-29-,32-30-,41-36-. The van der Waals surface area contributed by atoms with Gasteiger partial charge in [-0.2, -0.15) is 0 Å². The maximum atomic E-state index is 12.8. The second-order valence-electron chi connectivity index (χ2n) is 24.8. The summed E-state index contributed by atoms with van der Waals surface area (Å²) in [6.45, 7) is 3.55. The number of rotatable bonds is 70. The van der Waals surface area contributed by atoms with E-state index in [1.165, 1.54) is 193 Å². The van der Waals surface area contributed by atoms with Gasteiger partial charge in [0.15, 0.2) is 6.10 Å². The highest BCUT2D eigenvalue weighted by Crippen LogP contribution is 2.43. The average molecular weight is 1290 g/mol. The van der Waals surface area contributed by atoms with Gasteiger partial charge in [-0.15, -0.1) is 0 Å². The highest BCUT2D eigenvalue weighted by atomic mass is 31.2. The third-order valence-corrected chi connectivity index (χ3v) is 17.0. The number of allylic oxidation sites excluding steroid dienone is 22. The monoisotopic (exact) mass is 1290 g/mol. The summed E-state index contributed by atoms with van der Waals surface area (Å²) >= 11 is 0. The van der Waals surface area contributed by atoms with Crippen LogP contribution in [-0.2, 0) is 32.7 Å². The summed E-state index contributed by atoms with van der Waals surface area (Å²) in [4.78, 5) is 35.4. The maximum Gasteiger partial charge on any atom is 0.472 e. The first-order chi connectivity index (χ1) is 44.8. The van der Waals surface area contributed by atoms with Crippen LogP contribution in [0.2, 0.25) is 0 Å². The van der Waals surface area contributed by atoms with Crippen LogP contribution in [0.15, 0.2) is 134 Å². The smallest absolute Gasteiger partial charge is 0.462 e. The second kappa shape index (κ2) is 75.2. The van der Waals surface area contributed by atoms with Gasteiger partial charge in [0.2, 0.25) is 0 Å². The first kappa shape index (κ1) is 87.2. The highest BCUT2D eigenvalue weighted by Gasteiger charge is 2.26. The molecule has 0 aliphatic rings. The number of ether oxygens (including phenoxy) is 2. The van der Waals surface area contributed by atoms with Crippen molar-refractivity contribution in [2.24, 2.45) is 5.73 Å². The van der Waals surface area contributed by atoms with Gasteiger partial charge in [0.25, 0.3) is 0 Å². The van der Waals surface area contributed by atoms with Gasteiger partial charge in [0.05, 0.1) is 13.2 Å². The molecule has 9 nitrogen and oxygen atoms in total. The average Bonchev–Trinajstić information content (AvgIpc) is 3.74. The zero-order valence-electron chi connectivity index (χ0n) is 58.8. The van der Waals surface area contributed by atoms with Crippen molar-refractivity contribution in [1.82, 2.24) is 0 Å². The van der Waals surface area contributed by atoms with E-state index in [4.69, 9.17) is 24.3 Å². The van der Waals surface area contributed by atoms with Crippen molar-refractivity contribution < 1.29 is 37.6 Å². The van der Waals surface area contributed by atoms with E-state index in [9.17, 15) is 19.0 Å². The lowest BCUT2D eigenvalue weighted by molar-refractivity contribution is -0.161. The Bertz CT molecular complexity index is 1960. The van der Waals surface area contributed by atoms with Crippen LogP contribution in [0.25, 0.3) is 0 Å². The first-order valence-corrected chi connectivity index (χ1v) is 39.2. The molecule has 3 N–H and O–H groups in total. The molecule has 0 aromatic rings. The summed E-state index contributed by atoms with van der Waals surface area (Å²) in [5.74, 6) is -0.819. The highest BCUT2D eigenvalue weighted by molar-refractivity contribution is 7.47. The number of hydrogen-bond acceptors (Lipinski definition) is 8. The van der Waals surface area contributed by atoms with Gasteiger partial charge in [-0.25, -0.2) is 4.57 Å². The zero-order valence-corrected chi connectivity index (χ0v) is 59.7. The van der Waals surface area contributed by atoms with Crippen molar-refractivity contribution in [3.05, 3.63) is 134 Å². The van der Waals surface area contributed by atoms with Gasteiger partial charge in [0.1, 0.15) is 6.61 Å². The van der Waals surface area contributed by atoms with Crippen molar-refractivity contribution >= 4 is 19.8 Å². The van der Waals surface area contributed by atoms with Gasteiger partial charge < -0.3 is 20.1 Å². The van der Waals surface area contributed by atoms with Crippen LogP contribution in [0.5, 0.6) is 0 Å². The summed E-state index contributed by atoms with van der Waals surface area (Å²) in [6.07, 6.45) is 107. The summed E-state index contributed by atoms with van der Waals surface area (Å²) in [5.41, 5.74) is 5.41. The molecule has 0 aromatic heterocycles. The van der Waals surface area contributed by atoms with Crippen LogP contribution in [0.3, 0.4) is 0 Å². The predicted molar refractivity (Wildman–Crippen MR) is 394 cm³/mol. The van der Waals surface area contributed by atoms with Crippen LogP contribution in [0, 0.1) is 0 Å². The minimum atomic E-state index is -4.40. The fourth-order valence-corrected chi connectivity index (χ4v) is 11.3. The Balaban J connectivity index is 3.84. The summed E-state index contributed by atoms with van der Waals surface area (Å²) < 4.78 is 33.2. The van der Waals surface area contributed by atoms with Crippen LogP contribution in [-0.4, -0.2) is 49.3 Å². The normalized spacial score (nSPS) is 13.7. The van der Waals surface area contributed by atoms with Crippen LogP contribution >= 0.6 is 7.82 Å². The molecule has 0 fully saturated rings. The van der Waals surface area contributed by atoms with E-state index < -0.39 is 26.5 Å². The van der Waals surface area contributed by atoms with E-state index in [1.54, 1.807) is 0 Å². The van der Waals surface area contributed by atoms with Gasteiger partial charge in [-0.1, -0.05) is 347 Å². The molecule has 10 heteroatoms. The molecular formula is C81H140NO8P. The van der Waals surface area contributed by atoms with Crippen LogP contribution in [0.4, 0.5) is 0 Å². The zero-order chi connectivity index (χ0) is 65.8. The van der Waals surface area contributed by atoms with E-state index in [2.05, 4.69) is 148 Å². The molecular weight excluding hydrogens is 1150 g/mol. The minimum Gasteiger partial charge on any atom is -0.462 e. The topological polar surface area (TPSA) is 134 Å². The summed E-state index contributed by atoms with van der Waals surface area (Å²) in [6, 6.07) is 0. The molecule has 0 aromatic carbocycles. The van der Waals surface area contributed by atoms with E-state index in [-0.39, 0.29) is 38.6 Å². The largest absolute Gasteiger partial charge is 0.472 e. The fourth-order valence-electron chi connectivity index (χ4n) is 10.6. The molecule has 0 spiro atoms. The lowest BCUT2D eigenvalue weighted by atomic mass is 10.0. The quantitative estimate of drug-likeness (QED) is 0.0264. The third kappa shape index (κ3) is 75.1. The van der Waals surface area contributed by atoms with Crippen molar-refractivity contribution in [3.63, 3.8) is 0 Å². The lowest BCUT2D eigenvalue weighted by Crippen LogP contribution is -2.29. The summed E-state index contributed by atoms with van der Waals surface area (Å²) in [5, 5.41) is 0.